The minimum absolute atomic E-state index is 0.199. The number of carbonyl (C=O) groups excluding carboxylic acids is 2. The summed E-state index contributed by atoms with van der Waals surface area (Å²) in [6, 6.07) is 0. The van der Waals surface area contributed by atoms with Crippen molar-refractivity contribution in [3.8, 4) is 0 Å². The van der Waals surface area contributed by atoms with Crippen LogP contribution in [0.3, 0.4) is 0 Å². The Balaban J connectivity index is 1.92. The molecule has 0 aromatic carbocycles. The van der Waals surface area contributed by atoms with Gasteiger partial charge in [0.25, 0.3) is 0 Å². The first-order chi connectivity index (χ1) is 9.39. The topological polar surface area (TPSA) is 52.7 Å². The summed E-state index contributed by atoms with van der Waals surface area (Å²) in [5.41, 5.74) is 0.199. The number of hydrogen-bond donors (Lipinski definition) is 1. The van der Waals surface area contributed by atoms with E-state index in [2.05, 4.69) is 26.1 Å². The number of amides is 2. The van der Waals surface area contributed by atoms with Crippen molar-refractivity contribution in [3.63, 3.8) is 0 Å². The highest BCUT2D eigenvalue weighted by molar-refractivity contribution is 6.34. The quantitative estimate of drug-likeness (QED) is 0.665. The van der Waals surface area contributed by atoms with Crippen molar-refractivity contribution < 1.29 is 9.59 Å². The highest BCUT2D eigenvalue weighted by Gasteiger charge is 2.37. The molecular formula is C15H27N3O2. The van der Waals surface area contributed by atoms with Crippen LogP contribution in [-0.2, 0) is 9.59 Å². The number of hydrogen-bond acceptors (Lipinski definition) is 3. The molecule has 5 heteroatoms. The Morgan fingerprint density at radius 1 is 1.00 bits per heavy atom. The lowest BCUT2D eigenvalue weighted by Gasteiger charge is -2.27. The van der Waals surface area contributed by atoms with Gasteiger partial charge in [-0.1, -0.05) is 20.8 Å². The van der Waals surface area contributed by atoms with Crippen LogP contribution in [0.5, 0.6) is 0 Å². The number of carbonyl (C=O) groups is 2. The molecule has 114 valence electrons. The standard InChI is InChI=1S/C15H27N3O2/c1-15(2,3)12-5-9-18(11-12)14(20)13(19)17-8-4-6-16-7-10-17/h12,16H,4-11H2,1-3H3. The van der Waals surface area contributed by atoms with Gasteiger partial charge < -0.3 is 15.1 Å². The van der Waals surface area contributed by atoms with E-state index in [1.807, 2.05) is 0 Å². The maximum Gasteiger partial charge on any atom is 0.312 e. The van der Waals surface area contributed by atoms with Gasteiger partial charge in [-0.05, 0) is 30.7 Å². The van der Waals surface area contributed by atoms with E-state index in [1.165, 1.54) is 0 Å². The van der Waals surface area contributed by atoms with E-state index in [0.29, 0.717) is 19.0 Å². The minimum Gasteiger partial charge on any atom is -0.334 e. The Morgan fingerprint density at radius 3 is 2.35 bits per heavy atom. The van der Waals surface area contributed by atoms with Crippen LogP contribution in [0.2, 0.25) is 0 Å². The fourth-order valence-corrected chi connectivity index (χ4v) is 2.97. The molecule has 2 aliphatic heterocycles. The molecule has 0 spiro atoms. The van der Waals surface area contributed by atoms with Gasteiger partial charge in [0.15, 0.2) is 0 Å². The van der Waals surface area contributed by atoms with Gasteiger partial charge in [-0.3, -0.25) is 9.59 Å². The SMILES string of the molecule is CC(C)(C)C1CCN(C(=O)C(=O)N2CCCNCC2)C1. The summed E-state index contributed by atoms with van der Waals surface area (Å²) < 4.78 is 0. The molecule has 2 amide bonds. The molecule has 1 atom stereocenters. The maximum atomic E-state index is 12.3. The summed E-state index contributed by atoms with van der Waals surface area (Å²) in [6.45, 7) is 11.1. The van der Waals surface area contributed by atoms with E-state index in [0.717, 1.165) is 39.0 Å². The summed E-state index contributed by atoms with van der Waals surface area (Å²) in [5, 5.41) is 3.25. The molecular weight excluding hydrogens is 254 g/mol. The summed E-state index contributed by atoms with van der Waals surface area (Å²) >= 11 is 0. The molecule has 2 heterocycles. The van der Waals surface area contributed by atoms with Crippen LogP contribution >= 0.6 is 0 Å². The van der Waals surface area contributed by atoms with Gasteiger partial charge in [-0.15, -0.1) is 0 Å². The molecule has 0 saturated carbocycles. The molecule has 2 aliphatic rings. The van der Waals surface area contributed by atoms with Gasteiger partial charge in [0, 0.05) is 32.7 Å². The second kappa shape index (κ2) is 6.12. The minimum atomic E-state index is -0.316. The Kier molecular flexibility index (Phi) is 4.68. The zero-order valence-electron chi connectivity index (χ0n) is 12.9. The molecule has 0 radical (unpaired) electrons. The van der Waals surface area contributed by atoms with E-state index in [1.54, 1.807) is 9.80 Å². The van der Waals surface area contributed by atoms with Crippen molar-refractivity contribution in [2.75, 3.05) is 39.3 Å². The van der Waals surface area contributed by atoms with E-state index in [-0.39, 0.29) is 17.2 Å². The summed E-state index contributed by atoms with van der Waals surface area (Å²) in [7, 11) is 0. The largest absolute Gasteiger partial charge is 0.334 e. The molecule has 20 heavy (non-hydrogen) atoms. The van der Waals surface area contributed by atoms with Crippen molar-refractivity contribution in [1.82, 2.24) is 15.1 Å². The Bertz CT molecular complexity index is 368. The molecule has 1 N–H and O–H groups in total. The molecule has 0 aromatic heterocycles. The van der Waals surface area contributed by atoms with Gasteiger partial charge in [0.1, 0.15) is 0 Å². The Labute approximate surface area is 121 Å². The molecule has 5 nitrogen and oxygen atoms in total. The van der Waals surface area contributed by atoms with Gasteiger partial charge in [0.2, 0.25) is 0 Å². The first kappa shape index (κ1) is 15.3. The zero-order valence-corrected chi connectivity index (χ0v) is 12.9. The van der Waals surface area contributed by atoms with Crippen molar-refractivity contribution in [2.24, 2.45) is 11.3 Å². The van der Waals surface area contributed by atoms with Crippen molar-refractivity contribution in [3.05, 3.63) is 0 Å². The number of likely N-dealkylation sites (tertiary alicyclic amines) is 1. The van der Waals surface area contributed by atoms with Crippen LogP contribution in [0.25, 0.3) is 0 Å². The molecule has 1 unspecified atom stereocenters. The monoisotopic (exact) mass is 281 g/mol. The maximum absolute atomic E-state index is 12.3. The summed E-state index contributed by atoms with van der Waals surface area (Å²) in [4.78, 5) is 28.1. The second-order valence-corrected chi connectivity index (χ2v) is 7.00. The van der Waals surface area contributed by atoms with Crippen LogP contribution in [-0.4, -0.2) is 60.9 Å². The normalized spacial score (nSPS) is 24.6. The van der Waals surface area contributed by atoms with E-state index < -0.39 is 0 Å². The zero-order chi connectivity index (χ0) is 14.8. The third kappa shape index (κ3) is 3.51. The second-order valence-electron chi connectivity index (χ2n) is 7.00. The van der Waals surface area contributed by atoms with Gasteiger partial charge in [-0.25, -0.2) is 0 Å². The average molecular weight is 281 g/mol. The number of nitrogens with one attached hydrogen (secondary N) is 1. The predicted octanol–water partition coefficient (Wildman–Crippen LogP) is 0.703. The van der Waals surface area contributed by atoms with Gasteiger partial charge >= 0.3 is 11.8 Å². The van der Waals surface area contributed by atoms with E-state index in [9.17, 15) is 9.59 Å². The summed E-state index contributed by atoms with van der Waals surface area (Å²) in [6.07, 6.45) is 1.92. The molecule has 2 fully saturated rings. The lowest BCUT2D eigenvalue weighted by molar-refractivity contribution is -0.151. The fraction of sp³-hybridized carbons (Fsp3) is 0.867. The molecule has 2 rings (SSSR count). The van der Waals surface area contributed by atoms with E-state index >= 15 is 0 Å². The fourth-order valence-electron chi connectivity index (χ4n) is 2.97. The van der Waals surface area contributed by atoms with Crippen LogP contribution in [0.4, 0.5) is 0 Å². The lowest BCUT2D eigenvalue weighted by atomic mass is 9.80. The first-order valence-electron chi connectivity index (χ1n) is 7.68. The van der Waals surface area contributed by atoms with Crippen LogP contribution in [0, 0.1) is 11.3 Å². The van der Waals surface area contributed by atoms with Crippen LogP contribution in [0.15, 0.2) is 0 Å². The van der Waals surface area contributed by atoms with Crippen molar-refractivity contribution in [1.29, 1.82) is 0 Å². The van der Waals surface area contributed by atoms with Crippen LogP contribution in [0.1, 0.15) is 33.6 Å². The third-order valence-corrected chi connectivity index (χ3v) is 4.51. The molecule has 0 bridgehead atoms. The predicted molar refractivity (Wildman–Crippen MR) is 78.2 cm³/mol. The Morgan fingerprint density at radius 2 is 1.70 bits per heavy atom. The van der Waals surface area contributed by atoms with Crippen LogP contribution < -0.4 is 5.32 Å². The lowest BCUT2D eigenvalue weighted by Crippen LogP contribution is -2.46. The summed E-state index contributed by atoms with van der Waals surface area (Å²) in [5.74, 6) is -0.132. The number of nitrogens with zero attached hydrogens (tertiary/aromatic N) is 2. The average Bonchev–Trinajstić information content (AvgIpc) is 2.74. The van der Waals surface area contributed by atoms with Crippen molar-refractivity contribution >= 4 is 11.8 Å². The van der Waals surface area contributed by atoms with Gasteiger partial charge in [-0.2, -0.15) is 0 Å². The third-order valence-electron chi connectivity index (χ3n) is 4.51. The highest BCUT2D eigenvalue weighted by Crippen LogP contribution is 2.33. The molecule has 0 aliphatic carbocycles. The Hall–Kier alpha value is -1.10. The smallest absolute Gasteiger partial charge is 0.312 e. The number of rotatable bonds is 0. The highest BCUT2D eigenvalue weighted by atomic mass is 16.2. The molecule has 0 aromatic rings. The van der Waals surface area contributed by atoms with Gasteiger partial charge in [0.05, 0.1) is 0 Å². The van der Waals surface area contributed by atoms with Crippen molar-refractivity contribution in [2.45, 2.75) is 33.6 Å². The van der Waals surface area contributed by atoms with E-state index in [4.69, 9.17) is 0 Å². The molecule has 2 saturated heterocycles. The first-order valence-corrected chi connectivity index (χ1v) is 7.68.